The number of hydrogen-bond acceptors (Lipinski definition) is 7. The molecule has 5 rings (SSSR count). The molecule has 1 aliphatic carbocycles. The molecule has 4 aromatic heterocycles. The molecule has 0 amide bonds. The monoisotopic (exact) mass is 489 g/mol. The molecule has 0 atom stereocenters. The lowest BCUT2D eigenvalue weighted by atomic mass is 9.93. The summed E-state index contributed by atoms with van der Waals surface area (Å²) in [6, 6.07) is 5.81. The van der Waals surface area contributed by atoms with Crippen LogP contribution in [0.15, 0.2) is 30.6 Å². The van der Waals surface area contributed by atoms with Gasteiger partial charge in [0.1, 0.15) is 11.3 Å². The van der Waals surface area contributed by atoms with Crippen molar-refractivity contribution in [3.63, 3.8) is 0 Å². The van der Waals surface area contributed by atoms with Crippen LogP contribution in [-0.4, -0.2) is 61.4 Å². The molecule has 1 N–H and O–H groups in total. The third-order valence-electron chi connectivity index (χ3n) is 6.30. The fourth-order valence-electron chi connectivity index (χ4n) is 4.59. The van der Waals surface area contributed by atoms with E-state index in [1.54, 1.807) is 17.8 Å². The van der Waals surface area contributed by atoms with E-state index in [0.717, 1.165) is 33.8 Å². The zero-order valence-corrected chi connectivity index (χ0v) is 19.4. The van der Waals surface area contributed by atoms with Gasteiger partial charge in [-0.15, -0.1) is 18.3 Å². The molecule has 186 valence electrons. The number of pyridine rings is 1. The second-order valence-corrected chi connectivity index (χ2v) is 8.67. The third kappa shape index (κ3) is 5.08. The van der Waals surface area contributed by atoms with Crippen LogP contribution in [0.4, 0.5) is 19.1 Å². The molecule has 4 aromatic rings. The van der Waals surface area contributed by atoms with Gasteiger partial charge in [0, 0.05) is 31.5 Å². The number of alkyl halides is 3. The molecule has 0 bridgehead atoms. The number of fused-ring (bicyclic) bond motifs is 2. The Morgan fingerprint density at radius 2 is 1.91 bits per heavy atom. The Kier molecular flexibility index (Phi) is 6.32. The van der Waals surface area contributed by atoms with Crippen LogP contribution in [0.5, 0.6) is 0 Å². The van der Waals surface area contributed by atoms with Gasteiger partial charge in [0.25, 0.3) is 0 Å². The van der Waals surface area contributed by atoms with Crippen molar-refractivity contribution in [2.24, 2.45) is 0 Å². The van der Waals surface area contributed by atoms with Crippen molar-refractivity contribution in [1.29, 1.82) is 0 Å². The van der Waals surface area contributed by atoms with Gasteiger partial charge in [-0.2, -0.15) is 0 Å². The van der Waals surface area contributed by atoms with Crippen molar-refractivity contribution in [1.82, 2.24) is 29.1 Å². The van der Waals surface area contributed by atoms with E-state index in [0.29, 0.717) is 44.8 Å². The number of aromatic nitrogens is 6. The number of ether oxygens (including phenoxy) is 2. The molecular formula is C23H26F3N7O2. The SMILES string of the molecule is COCCn1c(C)nc2ccc(-c3ccn4nc(NC5CCC(OC(F)(F)F)CC5)ncc34)nc21. The highest BCUT2D eigenvalue weighted by Crippen LogP contribution is 2.30. The van der Waals surface area contributed by atoms with Crippen molar-refractivity contribution < 1.29 is 22.6 Å². The minimum atomic E-state index is -4.59. The number of hydrogen-bond donors (Lipinski definition) is 1. The first-order valence-corrected chi connectivity index (χ1v) is 11.5. The van der Waals surface area contributed by atoms with Crippen LogP contribution >= 0.6 is 0 Å². The number of anilines is 1. The highest BCUT2D eigenvalue weighted by molar-refractivity contribution is 5.82. The smallest absolute Gasteiger partial charge is 0.383 e. The number of halogens is 3. The quantitative estimate of drug-likeness (QED) is 0.413. The minimum absolute atomic E-state index is 0.00438. The van der Waals surface area contributed by atoms with E-state index in [-0.39, 0.29) is 6.04 Å². The molecule has 0 aromatic carbocycles. The average molecular weight is 490 g/mol. The molecule has 0 saturated heterocycles. The van der Waals surface area contributed by atoms with Crippen LogP contribution < -0.4 is 5.32 Å². The van der Waals surface area contributed by atoms with Crippen LogP contribution in [0.2, 0.25) is 0 Å². The normalized spacial score (nSPS) is 19.0. The predicted molar refractivity (Wildman–Crippen MR) is 123 cm³/mol. The van der Waals surface area contributed by atoms with E-state index < -0.39 is 12.5 Å². The maximum Gasteiger partial charge on any atom is 0.522 e. The van der Waals surface area contributed by atoms with Gasteiger partial charge >= 0.3 is 6.36 Å². The highest BCUT2D eigenvalue weighted by atomic mass is 19.4. The summed E-state index contributed by atoms with van der Waals surface area (Å²) in [6.07, 6.45) is -0.0370. The second kappa shape index (κ2) is 9.42. The maximum absolute atomic E-state index is 12.4. The average Bonchev–Trinajstić information content (AvgIpc) is 3.37. The molecule has 1 fully saturated rings. The van der Waals surface area contributed by atoms with Crippen molar-refractivity contribution in [2.45, 2.75) is 57.7 Å². The molecular weight excluding hydrogens is 463 g/mol. The van der Waals surface area contributed by atoms with E-state index in [1.165, 1.54) is 0 Å². The number of nitrogens with one attached hydrogen (secondary N) is 1. The molecule has 9 nitrogen and oxygen atoms in total. The summed E-state index contributed by atoms with van der Waals surface area (Å²) in [5.41, 5.74) is 4.08. The van der Waals surface area contributed by atoms with Gasteiger partial charge in [-0.05, 0) is 50.8 Å². The largest absolute Gasteiger partial charge is 0.522 e. The summed E-state index contributed by atoms with van der Waals surface area (Å²) < 4.78 is 50.4. The van der Waals surface area contributed by atoms with Crippen molar-refractivity contribution in [3.8, 4) is 11.3 Å². The zero-order chi connectivity index (χ0) is 24.6. The van der Waals surface area contributed by atoms with Crippen LogP contribution in [0.25, 0.3) is 27.9 Å². The first-order chi connectivity index (χ1) is 16.8. The number of imidazole rings is 1. The molecule has 1 saturated carbocycles. The summed E-state index contributed by atoms with van der Waals surface area (Å²) in [5, 5.41) is 7.78. The van der Waals surface area contributed by atoms with Crippen molar-refractivity contribution >= 4 is 22.6 Å². The number of aryl methyl sites for hydroxylation is 1. The predicted octanol–water partition coefficient (Wildman–Crippen LogP) is 4.36. The lowest BCUT2D eigenvalue weighted by molar-refractivity contribution is -0.345. The minimum Gasteiger partial charge on any atom is -0.383 e. The standard InChI is InChI=1S/C23H26F3N7O2/c1-14-28-19-8-7-18(30-21(19)32(14)11-12-34-2)17-9-10-33-20(17)13-27-22(31-33)29-15-3-5-16(6-4-15)35-23(24,25)26/h7-10,13,15-16H,3-6,11-12H2,1-2H3,(H,29,31). The van der Waals surface area contributed by atoms with Crippen LogP contribution in [0.3, 0.4) is 0 Å². The van der Waals surface area contributed by atoms with Gasteiger partial charge in [-0.1, -0.05) is 0 Å². The lowest BCUT2D eigenvalue weighted by Crippen LogP contribution is -2.33. The van der Waals surface area contributed by atoms with Crippen molar-refractivity contribution in [3.05, 3.63) is 36.4 Å². The summed E-state index contributed by atoms with van der Waals surface area (Å²) in [7, 11) is 1.66. The van der Waals surface area contributed by atoms with Crippen LogP contribution in [-0.2, 0) is 16.0 Å². The molecule has 1 aliphatic rings. The lowest BCUT2D eigenvalue weighted by Gasteiger charge is -2.29. The van der Waals surface area contributed by atoms with E-state index in [4.69, 9.17) is 9.72 Å². The third-order valence-corrected chi connectivity index (χ3v) is 6.30. The van der Waals surface area contributed by atoms with E-state index in [2.05, 4.69) is 25.1 Å². The Morgan fingerprint density at radius 3 is 2.66 bits per heavy atom. The van der Waals surface area contributed by atoms with Crippen LogP contribution in [0.1, 0.15) is 31.5 Å². The van der Waals surface area contributed by atoms with E-state index in [1.807, 2.05) is 35.9 Å². The van der Waals surface area contributed by atoms with E-state index in [9.17, 15) is 13.2 Å². The summed E-state index contributed by atoms with van der Waals surface area (Å²) in [4.78, 5) is 13.9. The Hall–Kier alpha value is -3.25. The van der Waals surface area contributed by atoms with Gasteiger partial charge in [-0.25, -0.2) is 19.5 Å². The zero-order valence-electron chi connectivity index (χ0n) is 19.4. The summed E-state index contributed by atoms with van der Waals surface area (Å²) >= 11 is 0. The molecule has 12 heteroatoms. The Labute approximate surface area is 199 Å². The summed E-state index contributed by atoms with van der Waals surface area (Å²) in [6.45, 7) is 3.17. The van der Waals surface area contributed by atoms with Crippen LogP contribution in [0, 0.1) is 6.92 Å². The number of rotatable bonds is 7. The molecule has 0 spiro atoms. The Bertz CT molecular complexity index is 1330. The maximum atomic E-state index is 12.4. The highest BCUT2D eigenvalue weighted by Gasteiger charge is 2.35. The molecule has 0 radical (unpaired) electrons. The van der Waals surface area contributed by atoms with Gasteiger partial charge in [0.15, 0.2) is 5.65 Å². The molecule has 0 aliphatic heterocycles. The molecule has 35 heavy (non-hydrogen) atoms. The molecule has 0 unspecified atom stereocenters. The van der Waals surface area contributed by atoms with Gasteiger partial charge in [0.2, 0.25) is 5.95 Å². The first kappa shape index (κ1) is 23.5. The fourth-order valence-corrected chi connectivity index (χ4v) is 4.59. The van der Waals surface area contributed by atoms with E-state index >= 15 is 0 Å². The fraction of sp³-hybridized carbons (Fsp3) is 0.478. The second-order valence-electron chi connectivity index (χ2n) is 8.67. The first-order valence-electron chi connectivity index (χ1n) is 11.5. The van der Waals surface area contributed by atoms with Crippen molar-refractivity contribution in [2.75, 3.05) is 19.0 Å². The van der Waals surface area contributed by atoms with Gasteiger partial charge < -0.3 is 14.6 Å². The summed E-state index contributed by atoms with van der Waals surface area (Å²) in [5.74, 6) is 1.30. The number of nitrogens with zero attached hydrogens (tertiary/aromatic N) is 6. The Balaban J connectivity index is 1.33. The molecule has 4 heterocycles. The van der Waals surface area contributed by atoms with Gasteiger partial charge in [-0.3, -0.25) is 4.74 Å². The Morgan fingerprint density at radius 1 is 1.11 bits per heavy atom. The number of methoxy groups -OCH3 is 1. The van der Waals surface area contributed by atoms with Gasteiger partial charge in [0.05, 0.1) is 30.1 Å². The topological polar surface area (TPSA) is 91.4 Å².